The van der Waals surface area contributed by atoms with Gasteiger partial charge in [-0.05, 0) is 56.5 Å². The largest absolute Gasteiger partial charge is 0.444 e. The quantitative estimate of drug-likeness (QED) is 0.210. The van der Waals surface area contributed by atoms with Gasteiger partial charge >= 0.3 is 6.09 Å². The number of fused-ring (bicyclic) bond motifs is 3. The van der Waals surface area contributed by atoms with Crippen molar-refractivity contribution in [3.05, 3.63) is 52.6 Å². The van der Waals surface area contributed by atoms with Crippen LogP contribution in [0.1, 0.15) is 52.3 Å². The molecule has 0 spiro atoms. The van der Waals surface area contributed by atoms with Gasteiger partial charge in [0.15, 0.2) is 0 Å². The number of pyridine rings is 1. The van der Waals surface area contributed by atoms with Gasteiger partial charge in [-0.1, -0.05) is 25.4 Å². The van der Waals surface area contributed by atoms with Gasteiger partial charge in [0, 0.05) is 64.7 Å². The summed E-state index contributed by atoms with van der Waals surface area (Å²) in [5, 5.41) is 1.46. The zero-order valence-electron chi connectivity index (χ0n) is 26.0. The number of carbonyl (C=O) groups is 3. The second-order valence-corrected chi connectivity index (χ2v) is 15.9. The number of nitrogens with zero attached hydrogens (tertiary/aromatic N) is 4. The minimum absolute atomic E-state index is 0.0907. The summed E-state index contributed by atoms with van der Waals surface area (Å²) in [6.45, 7) is 10.3. The second kappa shape index (κ2) is 10.3. The Kier molecular flexibility index (Phi) is 6.87. The fraction of sp³-hybridized carbons (Fsp3) is 0.471. The minimum atomic E-state index is -1.50. The van der Waals surface area contributed by atoms with Crippen molar-refractivity contribution < 1.29 is 23.5 Å². The summed E-state index contributed by atoms with van der Waals surface area (Å²) in [7, 11) is 0. The van der Waals surface area contributed by atoms with Crippen molar-refractivity contribution in [2.45, 2.75) is 71.8 Å². The number of imide groups is 1. The van der Waals surface area contributed by atoms with Crippen LogP contribution < -0.4 is 0 Å². The van der Waals surface area contributed by atoms with E-state index in [0.717, 1.165) is 37.1 Å². The average Bonchev–Trinajstić information content (AvgIpc) is 3.28. The van der Waals surface area contributed by atoms with Crippen LogP contribution in [0, 0.1) is 17.3 Å². The first kappa shape index (κ1) is 30.2. The fourth-order valence-corrected chi connectivity index (χ4v) is 8.48. The molecule has 3 fully saturated rings. The third kappa shape index (κ3) is 5.19. The molecule has 1 saturated carbocycles. The average molecular weight is 651 g/mol. The van der Waals surface area contributed by atoms with E-state index in [4.69, 9.17) is 16.3 Å². The number of amides is 3. The van der Waals surface area contributed by atoms with E-state index < -0.39 is 17.4 Å². The molecule has 0 bridgehead atoms. The Morgan fingerprint density at radius 2 is 1.78 bits per heavy atom. The first-order valence-electron chi connectivity index (χ1n) is 15.3. The van der Waals surface area contributed by atoms with Crippen molar-refractivity contribution >= 4 is 62.0 Å². The van der Waals surface area contributed by atoms with Crippen molar-refractivity contribution in [3.8, 4) is 11.1 Å². The smallest absolute Gasteiger partial charge is 0.410 e. The molecule has 5 heterocycles. The summed E-state index contributed by atoms with van der Waals surface area (Å²) in [5.74, 6) is -0.618. The highest BCUT2D eigenvalue weighted by atomic mass is 35.5. The normalized spacial score (nSPS) is 22.4. The number of ether oxygens (including phenoxy) is 1. The summed E-state index contributed by atoms with van der Waals surface area (Å²) in [6, 6.07) is 9.59. The van der Waals surface area contributed by atoms with Crippen LogP contribution in [0.2, 0.25) is 5.02 Å². The van der Waals surface area contributed by atoms with E-state index in [1.165, 1.54) is 16.2 Å². The standard InChI is InChI=1S/C34H36ClFN4O4S/c1-32(2,3)44-31(43)38-12-8-34(36,9-13-38)18-39-11-7-19-14-20(35)15-23(27(19)39)22-6-10-37-24-16-21(45-28(22)24)17-40-29(41)25-26(30(40)42)33(25,4)5/h6-7,10-11,14-16,25-26H,8-9,12-13,17-18H2,1-5H3. The molecule has 0 N–H and O–H groups in total. The highest BCUT2D eigenvalue weighted by Gasteiger charge is 2.72. The SMILES string of the molecule is CC(C)(C)OC(=O)N1CCC(F)(Cn2ccc3cc(Cl)cc(-c4ccnc5cc(CN6C(=O)C7C(C6=O)C7(C)C)sc45)c32)CC1. The molecule has 45 heavy (non-hydrogen) atoms. The Hall–Kier alpha value is -3.50. The van der Waals surface area contributed by atoms with Crippen LogP contribution in [0.25, 0.3) is 32.2 Å². The van der Waals surface area contributed by atoms with Gasteiger partial charge in [0.2, 0.25) is 11.8 Å². The zero-order chi connectivity index (χ0) is 32.1. The van der Waals surface area contributed by atoms with Crippen LogP contribution in [0.3, 0.4) is 0 Å². The predicted octanol–water partition coefficient (Wildman–Crippen LogP) is 7.45. The van der Waals surface area contributed by atoms with Crippen LogP contribution in [0.15, 0.2) is 42.7 Å². The molecule has 2 unspecified atom stereocenters. The maximum Gasteiger partial charge on any atom is 0.410 e. The van der Waals surface area contributed by atoms with Gasteiger partial charge < -0.3 is 14.2 Å². The van der Waals surface area contributed by atoms with Gasteiger partial charge in [-0.15, -0.1) is 11.3 Å². The molecule has 4 aromatic rings. The van der Waals surface area contributed by atoms with Crippen LogP contribution >= 0.6 is 22.9 Å². The molecule has 236 valence electrons. The number of likely N-dealkylation sites (tertiary alicyclic amines) is 2. The number of hydrogen-bond donors (Lipinski definition) is 0. The molecule has 2 aliphatic heterocycles. The van der Waals surface area contributed by atoms with Gasteiger partial charge in [0.25, 0.3) is 0 Å². The summed E-state index contributed by atoms with van der Waals surface area (Å²) >= 11 is 8.12. The number of thiophene rings is 1. The number of carbonyl (C=O) groups excluding carboxylic acids is 3. The van der Waals surface area contributed by atoms with Crippen LogP contribution in [0.5, 0.6) is 0 Å². The van der Waals surface area contributed by atoms with Crippen LogP contribution in [-0.2, 0) is 27.4 Å². The Balaban J connectivity index is 1.17. The molecule has 1 aromatic carbocycles. The monoisotopic (exact) mass is 650 g/mol. The van der Waals surface area contributed by atoms with Gasteiger partial charge in [-0.25, -0.2) is 9.18 Å². The predicted molar refractivity (Wildman–Crippen MR) is 173 cm³/mol. The Labute approximate surface area is 270 Å². The molecule has 2 atom stereocenters. The van der Waals surface area contributed by atoms with Crippen molar-refractivity contribution in [3.63, 3.8) is 0 Å². The van der Waals surface area contributed by atoms with E-state index in [0.29, 0.717) is 5.02 Å². The number of rotatable bonds is 5. The van der Waals surface area contributed by atoms with Crippen LogP contribution in [0.4, 0.5) is 9.18 Å². The molecule has 3 aliphatic rings. The maximum absolute atomic E-state index is 16.4. The lowest BCUT2D eigenvalue weighted by Gasteiger charge is -2.37. The van der Waals surface area contributed by atoms with E-state index >= 15 is 4.39 Å². The van der Waals surface area contributed by atoms with Gasteiger partial charge in [-0.3, -0.25) is 19.5 Å². The molecular weight excluding hydrogens is 615 g/mol. The first-order valence-corrected chi connectivity index (χ1v) is 16.5. The van der Waals surface area contributed by atoms with E-state index in [1.807, 2.05) is 75.7 Å². The summed E-state index contributed by atoms with van der Waals surface area (Å²) in [6.07, 6.45) is 3.62. The third-order valence-electron chi connectivity index (χ3n) is 9.55. The van der Waals surface area contributed by atoms with E-state index in [-0.39, 0.29) is 68.1 Å². The molecule has 0 radical (unpaired) electrons. The first-order chi connectivity index (χ1) is 21.1. The van der Waals surface area contributed by atoms with E-state index in [2.05, 4.69) is 4.98 Å². The van der Waals surface area contributed by atoms with E-state index in [9.17, 15) is 14.4 Å². The fourth-order valence-electron chi connectivity index (χ4n) is 7.12. The van der Waals surface area contributed by atoms with Crippen LogP contribution in [-0.4, -0.2) is 61.6 Å². The lowest BCUT2D eigenvalue weighted by molar-refractivity contribution is -0.143. The summed E-state index contributed by atoms with van der Waals surface area (Å²) < 4.78 is 24.7. The number of halogens is 2. The van der Waals surface area contributed by atoms with Crippen molar-refractivity contribution in [1.82, 2.24) is 19.4 Å². The molecule has 7 rings (SSSR count). The Bertz CT molecular complexity index is 1860. The van der Waals surface area contributed by atoms with Crippen molar-refractivity contribution in [2.24, 2.45) is 17.3 Å². The maximum atomic E-state index is 16.4. The molecule has 11 heteroatoms. The number of alkyl halides is 1. The highest BCUT2D eigenvalue weighted by molar-refractivity contribution is 7.19. The number of benzene rings is 1. The minimum Gasteiger partial charge on any atom is -0.444 e. The Morgan fingerprint density at radius 1 is 1.09 bits per heavy atom. The Morgan fingerprint density at radius 3 is 2.44 bits per heavy atom. The number of aromatic nitrogens is 2. The summed E-state index contributed by atoms with van der Waals surface area (Å²) in [4.78, 5) is 47.0. The second-order valence-electron chi connectivity index (χ2n) is 14.3. The number of piperidine rings is 2. The molecule has 1 aliphatic carbocycles. The van der Waals surface area contributed by atoms with Gasteiger partial charge in [0.05, 0.1) is 40.7 Å². The highest BCUT2D eigenvalue weighted by Crippen LogP contribution is 2.63. The van der Waals surface area contributed by atoms with Gasteiger partial charge in [0.1, 0.15) is 11.3 Å². The molecular formula is C34H36ClFN4O4S. The van der Waals surface area contributed by atoms with Crippen molar-refractivity contribution in [1.29, 1.82) is 0 Å². The summed E-state index contributed by atoms with van der Waals surface area (Å²) in [5.41, 5.74) is 1.02. The topological polar surface area (TPSA) is 84.7 Å². The van der Waals surface area contributed by atoms with Gasteiger partial charge in [-0.2, -0.15) is 0 Å². The molecule has 2 saturated heterocycles. The molecule has 3 aromatic heterocycles. The van der Waals surface area contributed by atoms with E-state index in [1.54, 1.807) is 11.1 Å². The molecule has 3 amide bonds. The lowest BCUT2D eigenvalue weighted by atomic mass is 9.93. The molecule has 8 nitrogen and oxygen atoms in total. The number of hydrogen-bond acceptors (Lipinski definition) is 6. The third-order valence-corrected chi connectivity index (χ3v) is 10.9. The lowest BCUT2D eigenvalue weighted by Crippen LogP contribution is -2.47. The van der Waals surface area contributed by atoms with Crippen molar-refractivity contribution in [2.75, 3.05) is 13.1 Å². The zero-order valence-corrected chi connectivity index (χ0v) is 27.6.